The van der Waals surface area contributed by atoms with Gasteiger partial charge in [0.25, 0.3) is 0 Å². The average molecular weight is 214 g/mol. The van der Waals surface area contributed by atoms with E-state index in [9.17, 15) is 9.59 Å². The van der Waals surface area contributed by atoms with E-state index in [-0.39, 0.29) is 18.0 Å². The van der Waals surface area contributed by atoms with Crippen LogP contribution < -0.4 is 0 Å². The van der Waals surface area contributed by atoms with Crippen LogP contribution in [0.5, 0.6) is 0 Å². The molecule has 1 unspecified atom stereocenters. The molecule has 0 aromatic rings. The first-order chi connectivity index (χ1) is 7.07. The maximum Gasteiger partial charge on any atom is 0.328 e. The summed E-state index contributed by atoms with van der Waals surface area (Å²) in [7, 11) is 3.37. The van der Waals surface area contributed by atoms with Crippen LogP contribution in [0.25, 0.3) is 0 Å². The van der Waals surface area contributed by atoms with Gasteiger partial charge in [-0.2, -0.15) is 0 Å². The summed E-state index contributed by atoms with van der Waals surface area (Å²) >= 11 is 0. The number of rotatable bonds is 2. The van der Waals surface area contributed by atoms with Crippen molar-refractivity contribution in [2.45, 2.75) is 25.8 Å². The van der Waals surface area contributed by atoms with E-state index in [0.29, 0.717) is 19.6 Å². The van der Waals surface area contributed by atoms with Crippen LogP contribution in [0.1, 0.15) is 19.8 Å². The van der Waals surface area contributed by atoms with Crippen LogP contribution in [0, 0.1) is 0 Å². The molecule has 2 amide bonds. The Hall–Kier alpha value is -1.26. The number of esters is 1. The van der Waals surface area contributed by atoms with E-state index in [4.69, 9.17) is 4.74 Å². The zero-order chi connectivity index (χ0) is 11.4. The Morgan fingerprint density at radius 1 is 1.47 bits per heavy atom. The molecular formula is C10H18N2O3. The first-order valence-corrected chi connectivity index (χ1v) is 5.22. The minimum Gasteiger partial charge on any atom is -0.464 e. The lowest BCUT2D eigenvalue weighted by molar-refractivity contribution is -0.147. The van der Waals surface area contributed by atoms with E-state index in [1.807, 2.05) is 0 Å². The number of carbonyl (C=O) groups is 2. The molecule has 1 aliphatic heterocycles. The predicted octanol–water partition coefficient (Wildman–Crippen LogP) is 0.696. The molecule has 0 aliphatic carbocycles. The molecule has 0 aromatic carbocycles. The van der Waals surface area contributed by atoms with Crippen LogP contribution in [0.15, 0.2) is 0 Å². The molecule has 1 saturated heterocycles. The fraction of sp³-hybridized carbons (Fsp3) is 0.800. The summed E-state index contributed by atoms with van der Waals surface area (Å²) in [5.41, 5.74) is 0. The van der Waals surface area contributed by atoms with Gasteiger partial charge in [-0.15, -0.1) is 0 Å². The first-order valence-electron chi connectivity index (χ1n) is 5.22. The summed E-state index contributed by atoms with van der Waals surface area (Å²) in [5, 5.41) is 0. The Labute approximate surface area is 90.0 Å². The third-order valence-electron chi connectivity index (χ3n) is 2.44. The van der Waals surface area contributed by atoms with Crippen molar-refractivity contribution in [3.63, 3.8) is 0 Å². The van der Waals surface area contributed by atoms with Gasteiger partial charge in [-0.25, -0.2) is 9.59 Å². The fourth-order valence-corrected chi connectivity index (χ4v) is 1.74. The van der Waals surface area contributed by atoms with Crippen LogP contribution in [-0.4, -0.2) is 55.1 Å². The summed E-state index contributed by atoms with van der Waals surface area (Å²) in [6.07, 6.45) is 1.57. The molecule has 0 N–H and O–H groups in total. The molecule has 15 heavy (non-hydrogen) atoms. The maximum absolute atomic E-state index is 11.7. The third kappa shape index (κ3) is 2.61. The van der Waals surface area contributed by atoms with E-state index < -0.39 is 0 Å². The van der Waals surface area contributed by atoms with Crippen molar-refractivity contribution < 1.29 is 14.3 Å². The van der Waals surface area contributed by atoms with E-state index in [0.717, 1.165) is 6.42 Å². The molecule has 1 aliphatic rings. The molecule has 1 fully saturated rings. The molecule has 0 saturated carbocycles. The largest absolute Gasteiger partial charge is 0.464 e. The predicted molar refractivity (Wildman–Crippen MR) is 55.4 cm³/mol. The molecule has 5 nitrogen and oxygen atoms in total. The molecular weight excluding hydrogens is 196 g/mol. The van der Waals surface area contributed by atoms with Crippen molar-refractivity contribution >= 4 is 12.0 Å². The number of hydrogen-bond donors (Lipinski definition) is 0. The number of urea groups is 1. The van der Waals surface area contributed by atoms with E-state index in [2.05, 4.69) is 0 Å². The van der Waals surface area contributed by atoms with Gasteiger partial charge in [0.2, 0.25) is 0 Å². The van der Waals surface area contributed by atoms with E-state index in [1.54, 1.807) is 25.9 Å². The van der Waals surface area contributed by atoms with Gasteiger partial charge >= 0.3 is 12.0 Å². The lowest BCUT2D eigenvalue weighted by atomic mass is 10.2. The van der Waals surface area contributed by atoms with Crippen molar-refractivity contribution in [1.82, 2.24) is 9.80 Å². The van der Waals surface area contributed by atoms with Gasteiger partial charge in [-0.05, 0) is 19.8 Å². The SMILES string of the molecule is CCOC(=O)C1CCCN1C(=O)N(C)C. The Kier molecular flexibility index (Phi) is 3.94. The third-order valence-corrected chi connectivity index (χ3v) is 2.44. The monoisotopic (exact) mass is 214 g/mol. The van der Waals surface area contributed by atoms with Crippen molar-refractivity contribution in [3.8, 4) is 0 Å². The van der Waals surface area contributed by atoms with Gasteiger partial charge in [0.15, 0.2) is 0 Å². The standard InChI is InChI=1S/C10H18N2O3/c1-4-15-9(13)8-6-5-7-12(8)10(14)11(2)3/h8H,4-7H2,1-3H3. The summed E-state index contributed by atoms with van der Waals surface area (Å²) in [6, 6.07) is -0.509. The Morgan fingerprint density at radius 2 is 2.13 bits per heavy atom. The van der Waals surface area contributed by atoms with Crippen LogP contribution >= 0.6 is 0 Å². The smallest absolute Gasteiger partial charge is 0.328 e. The minimum atomic E-state index is -0.389. The second-order valence-corrected chi connectivity index (χ2v) is 3.78. The number of amides is 2. The van der Waals surface area contributed by atoms with Gasteiger partial charge in [-0.3, -0.25) is 0 Å². The van der Waals surface area contributed by atoms with Crippen molar-refractivity contribution in [3.05, 3.63) is 0 Å². The fourth-order valence-electron chi connectivity index (χ4n) is 1.74. The average Bonchev–Trinajstić information content (AvgIpc) is 2.65. The van der Waals surface area contributed by atoms with E-state index in [1.165, 1.54) is 4.90 Å². The molecule has 1 heterocycles. The molecule has 0 bridgehead atoms. The van der Waals surface area contributed by atoms with Gasteiger partial charge in [0, 0.05) is 20.6 Å². The van der Waals surface area contributed by atoms with Crippen LogP contribution in [0.2, 0.25) is 0 Å². The van der Waals surface area contributed by atoms with Crippen molar-refractivity contribution in [2.75, 3.05) is 27.2 Å². The highest BCUT2D eigenvalue weighted by molar-refractivity contribution is 5.84. The number of carbonyl (C=O) groups excluding carboxylic acids is 2. The topological polar surface area (TPSA) is 49.9 Å². The Bertz CT molecular complexity index is 253. The maximum atomic E-state index is 11.7. The highest BCUT2D eigenvalue weighted by atomic mass is 16.5. The normalized spacial score (nSPS) is 20.2. The molecule has 86 valence electrons. The molecule has 0 radical (unpaired) electrons. The zero-order valence-electron chi connectivity index (χ0n) is 9.52. The van der Waals surface area contributed by atoms with Gasteiger partial charge < -0.3 is 14.5 Å². The molecule has 0 aromatic heterocycles. The minimum absolute atomic E-state index is 0.120. The van der Waals surface area contributed by atoms with Gasteiger partial charge in [-0.1, -0.05) is 0 Å². The van der Waals surface area contributed by atoms with Gasteiger partial charge in [0.1, 0.15) is 6.04 Å². The second-order valence-electron chi connectivity index (χ2n) is 3.78. The zero-order valence-corrected chi connectivity index (χ0v) is 9.52. The Balaban J connectivity index is 2.64. The van der Waals surface area contributed by atoms with Crippen molar-refractivity contribution in [2.24, 2.45) is 0 Å². The summed E-state index contributed by atoms with van der Waals surface area (Å²) in [5.74, 6) is -0.287. The summed E-state index contributed by atoms with van der Waals surface area (Å²) < 4.78 is 4.93. The number of nitrogens with zero attached hydrogens (tertiary/aromatic N) is 2. The number of likely N-dealkylation sites (tertiary alicyclic amines) is 1. The quantitative estimate of drug-likeness (QED) is 0.636. The summed E-state index contributed by atoms with van der Waals surface area (Å²) in [4.78, 5) is 26.3. The van der Waals surface area contributed by atoms with Crippen LogP contribution in [0.3, 0.4) is 0 Å². The molecule has 5 heteroatoms. The lowest BCUT2D eigenvalue weighted by Gasteiger charge is -2.26. The number of hydrogen-bond acceptors (Lipinski definition) is 3. The molecule has 1 atom stereocenters. The van der Waals surface area contributed by atoms with Gasteiger partial charge in [0.05, 0.1) is 6.61 Å². The number of ether oxygens (including phenoxy) is 1. The van der Waals surface area contributed by atoms with E-state index >= 15 is 0 Å². The highest BCUT2D eigenvalue weighted by Gasteiger charge is 2.35. The van der Waals surface area contributed by atoms with Crippen LogP contribution in [0.4, 0.5) is 4.79 Å². The second kappa shape index (κ2) is 5.00. The van der Waals surface area contributed by atoms with Crippen molar-refractivity contribution in [1.29, 1.82) is 0 Å². The van der Waals surface area contributed by atoms with Crippen LogP contribution in [-0.2, 0) is 9.53 Å². The molecule has 1 rings (SSSR count). The first kappa shape index (κ1) is 11.8. The Morgan fingerprint density at radius 3 is 2.67 bits per heavy atom. The summed E-state index contributed by atoms with van der Waals surface area (Å²) in [6.45, 7) is 2.77. The molecule has 0 spiro atoms. The lowest BCUT2D eigenvalue weighted by Crippen LogP contribution is -2.46. The highest BCUT2D eigenvalue weighted by Crippen LogP contribution is 2.19.